The summed E-state index contributed by atoms with van der Waals surface area (Å²) in [7, 11) is 0. The third kappa shape index (κ3) is 1.13. The number of allylic oxidation sites excluding steroid dienone is 2. The van der Waals surface area contributed by atoms with E-state index >= 15 is 0 Å². The van der Waals surface area contributed by atoms with Crippen molar-refractivity contribution in [3.8, 4) is 0 Å². The van der Waals surface area contributed by atoms with Crippen LogP contribution in [0.1, 0.15) is 0 Å². The van der Waals surface area contributed by atoms with E-state index in [1.165, 1.54) is 4.58 Å². The van der Waals surface area contributed by atoms with E-state index in [0.717, 1.165) is 0 Å². The van der Waals surface area contributed by atoms with E-state index in [1.54, 1.807) is 24.4 Å². The number of aliphatic carboxylic acids is 1. The van der Waals surface area contributed by atoms with Gasteiger partial charge in [-0.15, -0.1) is 0 Å². The maximum absolute atomic E-state index is 10.4. The van der Waals surface area contributed by atoms with Crippen molar-refractivity contribution in [3.05, 3.63) is 24.4 Å². The van der Waals surface area contributed by atoms with E-state index in [4.69, 9.17) is 5.11 Å². The summed E-state index contributed by atoms with van der Waals surface area (Å²) < 4.78 is 1.39. The van der Waals surface area contributed by atoms with E-state index in [0.29, 0.717) is 0 Å². The second kappa shape index (κ2) is 2.47. The zero-order valence-corrected chi connectivity index (χ0v) is 5.40. The Bertz CT molecular complexity index is 228. The molecule has 1 N–H and O–H groups in total. The van der Waals surface area contributed by atoms with Crippen LogP contribution in [0.4, 0.5) is 0 Å². The summed E-state index contributed by atoms with van der Waals surface area (Å²) in [4.78, 5) is 10.4. The van der Waals surface area contributed by atoms with Crippen molar-refractivity contribution < 1.29 is 14.5 Å². The highest BCUT2D eigenvalue weighted by Gasteiger charge is 2.23. The molecule has 10 heavy (non-hydrogen) atoms. The van der Waals surface area contributed by atoms with Gasteiger partial charge in [-0.1, -0.05) is 6.08 Å². The highest BCUT2D eigenvalue weighted by molar-refractivity contribution is 5.74. The predicted octanol–water partition coefficient (Wildman–Crippen LogP) is 0.236. The van der Waals surface area contributed by atoms with Crippen LogP contribution in [0.5, 0.6) is 0 Å². The molecule has 0 aromatic heterocycles. The van der Waals surface area contributed by atoms with Gasteiger partial charge in [-0.05, 0) is 6.08 Å². The molecule has 3 nitrogen and oxygen atoms in total. The van der Waals surface area contributed by atoms with Crippen LogP contribution in [0.2, 0.25) is 0 Å². The smallest absolute Gasteiger partial charge is 0.377 e. The molecule has 52 valence electrons. The molecule has 1 atom stereocenters. The second-order valence-electron chi connectivity index (χ2n) is 2.02. The van der Waals surface area contributed by atoms with Gasteiger partial charge in [-0.2, -0.15) is 4.58 Å². The van der Waals surface area contributed by atoms with E-state index < -0.39 is 12.0 Å². The highest BCUT2D eigenvalue weighted by atomic mass is 16.4. The zero-order valence-electron chi connectivity index (χ0n) is 5.40. The van der Waals surface area contributed by atoms with Crippen LogP contribution >= 0.6 is 0 Å². The fraction of sp³-hybridized carbons (Fsp3) is 0.143. The molecule has 1 unspecified atom stereocenters. The van der Waals surface area contributed by atoms with Crippen molar-refractivity contribution in [1.29, 1.82) is 0 Å². The lowest BCUT2D eigenvalue weighted by molar-refractivity contribution is -0.468. The largest absolute Gasteiger partial charge is 0.476 e. The van der Waals surface area contributed by atoms with Crippen LogP contribution in [-0.2, 0) is 4.79 Å². The van der Waals surface area contributed by atoms with Crippen LogP contribution in [-0.4, -0.2) is 28.4 Å². The molecule has 1 rings (SSSR count). The SMILES string of the molecule is C=[N+]1C=CC=CC1C(=O)O. The Morgan fingerprint density at radius 1 is 1.60 bits per heavy atom. The molecule has 0 fully saturated rings. The average molecular weight is 138 g/mol. The van der Waals surface area contributed by atoms with Gasteiger partial charge in [0.1, 0.15) is 6.72 Å². The zero-order chi connectivity index (χ0) is 7.56. The number of carboxylic acids is 1. The number of rotatable bonds is 1. The molecule has 3 heteroatoms. The Balaban J connectivity index is 2.80. The topological polar surface area (TPSA) is 40.3 Å². The molecule has 0 saturated heterocycles. The first-order valence-corrected chi connectivity index (χ1v) is 2.88. The molecule has 1 heterocycles. The maximum atomic E-state index is 10.4. The Labute approximate surface area is 58.6 Å². The molecule has 0 bridgehead atoms. The van der Waals surface area contributed by atoms with Crippen LogP contribution in [0, 0.1) is 0 Å². The Morgan fingerprint density at radius 2 is 2.30 bits per heavy atom. The first-order valence-electron chi connectivity index (χ1n) is 2.88. The van der Waals surface area contributed by atoms with Gasteiger partial charge in [0, 0.05) is 6.08 Å². The molecule has 0 spiro atoms. The van der Waals surface area contributed by atoms with Gasteiger partial charge >= 0.3 is 5.97 Å². The van der Waals surface area contributed by atoms with Gasteiger partial charge in [0.05, 0.1) is 0 Å². The minimum atomic E-state index is -0.879. The van der Waals surface area contributed by atoms with Crippen LogP contribution in [0.25, 0.3) is 0 Å². The number of carboxylic acid groups (broad SMARTS) is 1. The molecule has 1 aliphatic rings. The molecule has 0 radical (unpaired) electrons. The van der Waals surface area contributed by atoms with Crippen LogP contribution < -0.4 is 0 Å². The second-order valence-corrected chi connectivity index (χ2v) is 2.02. The van der Waals surface area contributed by atoms with Crippen LogP contribution in [0.15, 0.2) is 24.4 Å². The third-order valence-electron chi connectivity index (χ3n) is 1.29. The summed E-state index contributed by atoms with van der Waals surface area (Å²) in [5, 5.41) is 8.54. The van der Waals surface area contributed by atoms with Crippen molar-refractivity contribution >= 4 is 12.7 Å². The lowest BCUT2D eigenvalue weighted by Crippen LogP contribution is -2.29. The van der Waals surface area contributed by atoms with Gasteiger partial charge in [-0.25, -0.2) is 4.79 Å². The molecule has 1 aliphatic heterocycles. The number of carbonyl (C=O) groups is 1. The molecule has 0 aromatic carbocycles. The fourth-order valence-electron chi connectivity index (χ4n) is 0.757. The lowest BCUT2D eigenvalue weighted by Gasteiger charge is -2.03. The summed E-state index contributed by atoms with van der Waals surface area (Å²) in [6.45, 7) is 3.51. The summed E-state index contributed by atoms with van der Waals surface area (Å²) in [5.74, 6) is -0.879. The average Bonchev–Trinajstić information content (AvgIpc) is 1.88. The first-order chi connectivity index (χ1) is 4.72. The first kappa shape index (κ1) is 6.74. The van der Waals surface area contributed by atoms with Gasteiger partial charge in [0.15, 0.2) is 6.20 Å². The molecular weight excluding hydrogens is 130 g/mol. The maximum Gasteiger partial charge on any atom is 0.377 e. The van der Waals surface area contributed by atoms with E-state index in [-0.39, 0.29) is 0 Å². The van der Waals surface area contributed by atoms with Crippen LogP contribution in [0.3, 0.4) is 0 Å². The minimum absolute atomic E-state index is 0.606. The predicted molar refractivity (Wildman–Crippen MR) is 37.1 cm³/mol. The van der Waals surface area contributed by atoms with Gasteiger partial charge in [0.2, 0.25) is 0 Å². The Kier molecular flexibility index (Phi) is 1.67. The fourth-order valence-corrected chi connectivity index (χ4v) is 0.757. The molecular formula is C7H8NO2+. The number of hydrogen-bond donors (Lipinski definition) is 1. The van der Waals surface area contributed by atoms with Gasteiger partial charge in [-0.3, -0.25) is 0 Å². The summed E-state index contributed by atoms with van der Waals surface area (Å²) in [5.41, 5.74) is 0. The molecule has 0 saturated carbocycles. The Hall–Kier alpha value is -1.38. The third-order valence-corrected chi connectivity index (χ3v) is 1.29. The standard InChI is InChI=1S/C7H7NO2/c1-8-5-3-2-4-6(8)7(9)10/h2-6H,1H2/p+1. The molecule has 0 amide bonds. The van der Waals surface area contributed by atoms with E-state index in [2.05, 4.69) is 6.72 Å². The molecule has 0 aliphatic carbocycles. The highest BCUT2D eigenvalue weighted by Crippen LogP contribution is 2.00. The Morgan fingerprint density at radius 3 is 2.70 bits per heavy atom. The number of nitrogens with zero attached hydrogens (tertiary/aromatic N) is 1. The van der Waals surface area contributed by atoms with Gasteiger partial charge in [0.25, 0.3) is 6.04 Å². The van der Waals surface area contributed by atoms with Crippen molar-refractivity contribution in [2.24, 2.45) is 0 Å². The quantitative estimate of drug-likeness (QED) is 0.527. The van der Waals surface area contributed by atoms with Gasteiger partial charge < -0.3 is 5.11 Å². The van der Waals surface area contributed by atoms with Crippen molar-refractivity contribution in [3.63, 3.8) is 0 Å². The minimum Gasteiger partial charge on any atom is -0.476 e. The lowest BCUT2D eigenvalue weighted by atomic mass is 10.2. The summed E-state index contributed by atoms with van der Waals surface area (Å²) >= 11 is 0. The monoisotopic (exact) mass is 138 g/mol. The van der Waals surface area contributed by atoms with Crippen molar-refractivity contribution in [2.75, 3.05) is 0 Å². The van der Waals surface area contributed by atoms with E-state index in [9.17, 15) is 4.79 Å². The van der Waals surface area contributed by atoms with E-state index in [1.807, 2.05) is 0 Å². The summed E-state index contributed by atoms with van der Waals surface area (Å²) in [6, 6.07) is -0.606. The van der Waals surface area contributed by atoms with Crippen molar-refractivity contribution in [2.45, 2.75) is 6.04 Å². The summed E-state index contributed by atoms with van der Waals surface area (Å²) in [6.07, 6.45) is 6.64. The molecule has 0 aromatic rings. The number of hydrogen-bond acceptors (Lipinski definition) is 1. The normalized spacial score (nSPS) is 23.2. The van der Waals surface area contributed by atoms with Crippen molar-refractivity contribution in [1.82, 2.24) is 0 Å².